The zero-order chi connectivity index (χ0) is 31.6. The van der Waals surface area contributed by atoms with Gasteiger partial charge in [0, 0.05) is 17.9 Å². The second-order valence-electron chi connectivity index (χ2n) is 11.2. The fraction of sp³-hybridized carbons (Fsp3) is 0.162. The van der Waals surface area contributed by atoms with Crippen LogP contribution in [-0.2, 0) is 16.6 Å². The molecule has 0 bridgehead atoms. The Kier molecular flexibility index (Phi) is 8.32. The van der Waals surface area contributed by atoms with Crippen molar-refractivity contribution in [3.05, 3.63) is 149 Å². The fourth-order valence-electron chi connectivity index (χ4n) is 5.60. The number of carbonyl (C=O) groups is 1. The van der Waals surface area contributed by atoms with E-state index in [-0.39, 0.29) is 10.8 Å². The highest BCUT2D eigenvalue weighted by molar-refractivity contribution is 7.92. The summed E-state index contributed by atoms with van der Waals surface area (Å²) in [4.78, 5) is 18.5. The van der Waals surface area contributed by atoms with Crippen molar-refractivity contribution in [3.8, 4) is 5.75 Å². The van der Waals surface area contributed by atoms with E-state index in [1.807, 2.05) is 112 Å². The number of carbonyl (C=O) groups excluding carboxylic acids is 1. The topological polar surface area (TPSA) is 79.0 Å². The van der Waals surface area contributed by atoms with Crippen LogP contribution in [0.4, 0.5) is 17.1 Å². The van der Waals surface area contributed by atoms with Crippen molar-refractivity contribution in [2.75, 3.05) is 21.1 Å². The van der Waals surface area contributed by atoms with Gasteiger partial charge < -0.3 is 9.64 Å². The lowest BCUT2D eigenvalue weighted by atomic mass is 9.98. The van der Waals surface area contributed by atoms with Crippen LogP contribution < -0.4 is 19.3 Å². The molecule has 1 atom stereocenters. The molecule has 0 aromatic heterocycles. The number of benzene rings is 5. The zero-order valence-electron chi connectivity index (χ0n) is 25.5. The van der Waals surface area contributed by atoms with Gasteiger partial charge in [-0.15, -0.1) is 0 Å². The molecule has 1 heterocycles. The van der Waals surface area contributed by atoms with Crippen LogP contribution in [0.15, 0.2) is 126 Å². The summed E-state index contributed by atoms with van der Waals surface area (Å²) in [5, 5.41) is 0. The molecule has 0 unspecified atom stereocenters. The Labute approximate surface area is 264 Å². The van der Waals surface area contributed by atoms with E-state index in [9.17, 15) is 13.2 Å². The molecule has 228 valence electrons. The van der Waals surface area contributed by atoms with Gasteiger partial charge >= 0.3 is 0 Å². The molecule has 5 aromatic carbocycles. The first-order chi connectivity index (χ1) is 21.7. The van der Waals surface area contributed by atoms with Crippen LogP contribution in [0.3, 0.4) is 0 Å². The van der Waals surface area contributed by atoms with Crippen LogP contribution in [-0.4, -0.2) is 20.9 Å². The third-order valence-corrected chi connectivity index (χ3v) is 9.26. The van der Waals surface area contributed by atoms with Gasteiger partial charge in [-0.05, 0) is 86.5 Å². The first-order valence-electron chi connectivity index (χ1n) is 14.9. The lowest BCUT2D eigenvalue weighted by Crippen LogP contribution is -2.49. The van der Waals surface area contributed by atoms with Gasteiger partial charge in [0.05, 0.1) is 22.8 Å². The molecule has 6 rings (SSSR count). The van der Waals surface area contributed by atoms with E-state index < -0.39 is 16.2 Å². The van der Waals surface area contributed by atoms with Gasteiger partial charge in [-0.2, -0.15) is 0 Å². The molecule has 1 aliphatic rings. The molecule has 0 fully saturated rings. The number of nitrogens with zero attached hydrogens (tertiary/aromatic N) is 2. The number of anilines is 3. The average molecular weight is 618 g/mol. The van der Waals surface area contributed by atoms with E-state index in [4.69, 9.17) is 4.74 Å². The average Bonchev–Trinajstić information content (AvgIpc) is 3.05. The maximum Gasteiger partial charge on any atom is 0.262 e. The molecule has 0 radical (unpaired) electrons. The first-order valence-corrected chi connectivity index (χ1v) is 16.4. The minimum absolute atomic E-state index is 0.0122. The van der Waals surface area contributed by atoms with Gasteiger partial charge in [-0.3, -0.25) is 14.4 Å². The second-order valence-corrected chi connectivity index (χ2v) is 12.8. The van der Waals surface area contributed by atoms with Gasteiger partial charge in [0.1, 0.15) is 11.9 Å². The number of rotatable bonds is 9. The molecular formula is C37H35N3O4S. The highest BCUT2D eigenvalue weighted by atomic mass is 32.2. The van der Waals surface area contributed by atoms with Crippen molar-refractivity contribution in [1.82, 2.24) is 0 Å². The summed E-state index contributed by atoms with van der Waals surface area (Å²) in [7, 11) is -3.98. The second kappa shape index (κ2) is 12.5. The maximum absolute atomic E-state index is 14.6. The number of sulfonamides is 1. The SMILES string of the molecule is CCOc1ccc([C@@H]2N(Cc3ccccc3)c3ccc(S(=O)(=O)Nc4ccc(C)cc4)cc3C(=O)N2c2ccc(C)cc2)cc1. The Morgan fingerprint density at radius 2 is 1.42 bits per heavy atom. The number of hydrogen-bond donors (Lipinski definition) is 1. The van der Waals surface area contributed by atoms with Crippen LogP contribution in [0.1, 0.15) is 45.7 Å². The Balaban J connectivity index is 1.51. The highest BCUT2D eigenvalue weighted by Crippen LogP contribution is 2.43. The summed E-state index contributed by atoms with van der Waals surface area (Å²) in [5.74, 6) is 0.459. The Bertz CT molecular complexity index is 1910. The molecule has 8 heteroatoms. The molecule has 7 nitrogen and oxygen atoms in total. The van der Waals surface area contributed by atoms with Gasteiger partial charge in [-0.25, -0.2) is 8.42 Å². The van der Waals surface area contributed by atoms with Gasteiger partial charge in [0.2, 0.25) is 0 Å². The highest BCUT2D eigenvalue weighted by Gasteiger charge is 2.40. The van der Waals surface area contributed by atoms with E-state index >= 15 is 0 Å². The molecule has 45 heavy (non-hydrogen) atoms. The van der Waals surface area contributed by atoms with Crippen LogP contribution in [0.25, 0.3) is 0 Å². The number of fused-ring (bicyclic) bond motifs is 1. The Morgan fingerprint density at radius 3 is 2.07 bits per heavy atom. The number of aryl methyl sites for hydroxylation is 2. The number of nitrogens with one attached hydrogen (secondary N) is 1. The van der Waals surface area contributed by atoms with Crippen LogP contribution in [0.2, 0.25) is 0 Å². The summed E-state index contributed by atoms with van der Waals surface area (Å²) >= 11 is 0. The summed E-state index contributed by atoms with van der Waals surface area (Å²) in [6.45, 7) is 6.91. The van der Waals surface area contributed by atoms with Gasteiger partial charge in [0.25, 0.3) is 15.9 Å². The normalized spacial score (nSPS) is 14.6. The third-order valence-electron chi connectivity index (χ3n) is 7.88. The molecule has 0 saturated heterocycles. The van der Waals surface area contributed by atoms with Crippen LogP contribution in [0.5, 0.6) is 5.75 Å². The molecule has 1 aliphatic heterocycles. The van der Waals surface area contributed by atoms with E-state index in [2.05, 4.69) is 9.62 Å². The smallest absolute Gasteiger partial charge is 0.262 e. The molecule has 1 amide bonds. The van der Waals surface area contributed by atoms with Crippen molar-refractivity contribution in [2.45, 2.75) is 38.4 Å². The van der Waals surface area contributed by atoms with E-state index in [1.54, 1.807) is 29.2 Å². The molecule has 5 aromatic rings. The predicted molar refractivity (Wildman–Crippen MR) is 179 cm³/mol. The Hall–Kier alpha value is -5.08. The monoisotopic (exact) mass is 617 g/mol. The van der Waals surface area contributed by atoms with Crippen LogP contribution >= 0.6 is 0 Å². The molecule has 0 saturated carbocycles. The molecular weight excluding hydrogens is 582 g/mol. The van der Waals surface area contributed by atoms with Gasteiger partial charge in [-0.1, -0.05) is 77.9 Å². The zero-order valence-corrected chi connectivity index (χ0v) is 26.3. The summed E-state index contributed by atoms with van der Waals surface area (Å²) in [6.07, 6.45) is -0.517. The third kappa shape index (κ3) is 6.28. The summed E-state index contributed by atoms with van der Waals surface area (Å²) < 4.78 is 35.5. The van der Waals surface area contributed by atoms with Crippen molar-refractivity contribution in [1.29, 1.82) is 0 Å². The van der Waals surface area contributed by atoms with Gasteiger partial charge in [0.15, 0.2) is 0 Å². The maximum atomic E-state index is 14.6. The number of ether oxygens (including phenoxy) is 1. The molecule has 1 N–H and O–H groups in total. The van der Waals surface area contributed by atoms with Crippen molar-refractivity contribution in [2.24, 2.45) is 0 Å². The van der Waals surface area contributed by atoms with E-state index in [0.29, 0.717) is 35.8 Å². The number of hydrogen-bond acceptors (Lipinski definition) is 5. The molecule has 0 aliphatic carbocycles. The Morgan fingerprint density at radius 1 is 0.778 bits per heavy atom. The standard InChI is InChI=1S/C37H35N3O4S/c1-4-44-32-20-14-29(15-21-32)36-39(25-28-8-6-5-7-9-28)35-23-22-33(45(42,43)38-30-16-10-26(2)11-17-30)24-34(35)37(41)40(36)31-18-12-27(3)13-19-31/h5-24,36,38H,4,25H2,1-3H3/t36-/m1/s1. The quantitative estimate of drug-likeness (QED) is 0.182. The van der Waals surface area contributed by atoms with Crippen molar-refractivity contribution < 1.29 is 17.9 Å². The fourth-order valence-corrected chi connectivity index (χ4v) is 6.68. The van der Waals surface area contributed by atoms with Crippen molar-refractivity contribution in [3.63, 3.8) is 0 Å². The van der Waals surface area contributed by atoms with E-state index in [1.165, 1.54) is 6.07 Å². The van der Waals surface area contributed by atoms with E-state index in [0.717, 1.165) is 28.0 Å². The summed E-state index contributed by atoms with van der Waals surface area (Å²) in [5.41, 5.74) is 6.15. The van der Waals surface area contributed by atoms with Crippen molar-refractivity contribution >= 4 is 33.0 Å². The minimum atomic E-state index is -3.98. The number of amides is 1. The first kappa shape index (κ1) is 30.0. The lowest BCUT2D eigenvalue weighted by molar-refractivity contribution is 0.0968. The lowest BCUT2D eigenvalue weighted by Gasteiger charge is -2.46. The van der Waals surface area contributed by atoms with Crippen LogP contribution in [0, 0.1) is 13.8 Å². The largest absolute Gasteiger partial charge is 0.494 e. The minimum Gasteiger partial charge on any atom is -0.494 e. The molecule has 0 spiro atoms. The predicted octanol–water partition coefficient (Wildman–Crippen LogP) is 7.87. The summed E-state index contributed by atoms with van der Waals surface area (Å²) in [6, 6.07) is 37.6.